The van der Waals surface area contributed by atoms with Crippen molar-refractivity contribution in [1.29, 1.82) is 0 Å². The largest absolute Gasteiger partial charge is 0.465 e. The molecule has 0 saturated heterocycles. The highest BCUT2D eigenvalue weighted by Crippen LogP contribution is 2.27. The standard InChI is InChI=1S/C16H12N2O4/c1-22-16(21)9-5-7-10(8-6-9)17-12-4-2-3-11-13(12)15(20)18-14(11)19/h2-8,17H,1H3,(H,18,19,20). The number of hydrogen-bond acceptors (Lipinski definition) is 5. The summed E-state index contributed by atoms with van der Waals surface area (Å²) >= 11 is 0. The first-order valence-corrected chi connectivity index (χ1v) is 6.54. The Morgan fingerprint density at radius 1 is 1.05 bits per heavy atom. The summed E-state index contributed by atoms with van der Waals surface area (Å²) in [6.45, 7) is 0. The molecular weight excluding hydrogens is 284 g/mol. The van der Waals surface area contributed by atoms with Crippen LogP contribution in [0.1, 0.15) is 31.1 Å². The Labute approximate surface area is 126 Å². The number of hydrogen-bond donors (Lipinski definition) is 2. The Morgan fingerprint density at radius 3 is 2.45 bits per heavy atom. The second-order valence-electron chi connectivity index (χ2n) is 4.71. The number of ether oxygens (including phenoxy) is 1. The van der Waals surface area contributed by atoms with Gasteiger partial charge in [0.25, 0.3) is 11.8 Å². The van der Waals surface area contributed by atoms with E-state index in [2.05, 4.69) is 15.4 Å². The van der Waals surface area contributed by atoms with Crippen LogP contribution in [0.5, 0.6) is 0 Å². The summed E-state index contributed by atoms with van der Waals surface area (Å²) in [6.07, 6.45) is 0. The maximum Gasteiger partial charge on any atom is 0.337 e. The fraction of sp³-hybridized carbons (Fsp3) is 0.0625. The van der Waals surface area contributed by atoms with Crippen molar-refractivity contribution >= 4 is 29.2 Å². The van der Waals surface area contributed by atoms with E-state index < -0.39 is 17.8 Å². The molecule has 2 aromatic carbocycles. The van der Waals surface area contributed by atoms with Gasteiger partial charge in [-0.15, -0.1) is 0 Å². The van der Waals surface area contributed by atoms with E-state index in [1.807, 2.05) is 0 Å². The van der Waals surface area contributed by atoms with E-state index in [0.29, 0.717) is 28.1 Å². The zero-order valence-corrected chi connectivity index (χ0v) is 11.7. The Kier molecular flexibility index (Phi) is 3.34. The maximum atomic E-state index is 11.8. The number of esters is 1. The summed E-state index contributed by atoms with van der Waals surface area (Å²) in [5.74, 6) is -1.24. The SMILES string of the molecule is COC(=O)c1ccc(Nc2cccc3c2C(=O)NC3=O)cc1. The number of methoxy groups -OCH3 is 1. The molecule has 1 aliphatic heterocycles. The van der Waals surface area contributed by atoms with Crippen molar-refractivity contribution in [3.05, 3.63) is 59.2 Å². The van der Waals surface area contributed by atoms with E-state index in [1.54, 1.807) is 42.5 Å². The van der Waals surface area contributed by atoms with Gasteiger partial charge in [0.05, 0.1) is 29.5 Å². The fourth-order valence-electron chi connectivity index (χ4n) is 2.29. The van der Waals surface area contributed by atoms with Gasteiger partial charge in [-0.05, 0) is 36.4 Å². The maximum absolute atomic E-state index is 11.8. The van der Waals surface area contributed by atoms with Gasteiger partial charge in [0.1, 0.15) is 0 Å². The first kappa shape index (κ1) is 13.8. The molecule has 1 aliphatic rings. The van der Waals surface area contributed by atoms with Gasteiger partial charge in [0.15, 0.2) is 0 Å². The third-order valence-electron chi connectivity index (χ3n) is 3.35. The third-order valence-corrected chi connectivity index (χ3v) is 3.35. The second kappa shape index (κ2) is 5.33. The molecule has 1 heterocycles. The Hall–Kier alpha value is -3.15. The molecule has 0 atom stereocenters. The molecule has 2 amide bonds. The van der Waals surface area contributed by atoms with Crippen molar-refractivity contribution < 1.29 is 19.1 Å². The summed E-state index contributed by atoms with van der Waals surface area (Å²) in [5.41, 5.74) is 2.32. The Morgan fingerprint density at radius 2 is 1.77 bits per heavy atom. The van der Waals surface area contributed by atoms with Crippen LogP contribution < -0.4 is 10.6 Å². The molecule has 0 bridgehead atoms. The fourth-order valence-corrected chi connectivity index (χ4v) is 2.29. The molecule has 2 N–H and O–H groups in total. The monoisotopic (exact) mass is 296 g/mol. The second-order valence-corrected chi connectivity index (χ2v) is 4.71. The first-order chi connectivity index (χ1) is 10.6. The molecule has 6 nitrogen and oxygen atoms in total. The summed E-state index contributed by atoms with van der Waals surface area (Å²) in [6, 6.07) is 11.6. The number of carbonyl (C=O) groups is 3. The number of rotatable bonds is 3. The van der Waals surface area contributed by atoms with Crippen LogP contribution in [0.25, 0.3) is 0 Å². The zero-order chi connectivity index (χ0) is 15.7. The summed E-state index contributed by atoms with van der Waals surface area (Å²) < 4.78 is 4.63. The summed E-state index contributed by atoms with van der Waals surface area (Å²) in [7, 11) is 1.32. The number of amides is 2. The highest BCUT2D eigenvalue weighted by molar-refractivity contribution is 6.24. The van der Waals surface area contributed by atoms with E-state index in [0.717, 1.165) is 0 Å². The van der Waals surface area contributed by atoms with Crippen molar-refractivity contribution in [2.45, 2.75) is 0 Å². The van der Waals surface area contributed by atoms with Crippen LogP contribution in [0.15, 0.2) is 42.5 Å². The molecule has 0 aliphatic carbocycles. The minimum atomic E-state index is -0.422. The quantitative estimate of drug-likeness (QED) is 0.669. The van der Waals surface area contributed by atoms with Gasteiger partial charge >= 0.3 is 5.97 Å². The predicted molar refractivity (Wildman–Crippen MR) is 79.3 cm³/mol. The number of fused-ring (bicyclic) bond motifs is 1. The van der Waals surface area contributed by atoms with Gasteiger partial charge < -0.3 is 10.1 Å². The lowest BCUT2D eigenvalue weighted by Crippen LogP contribution is -2.20. The molecule has 0 aromatic heterocycles. The molecule has 2 aromatic rings. The number of imide groups is 1. The highest BCUT2D eigenvalue weighted by atomic mass is 16.5. The predicted octanol–water partition coefficient (Wildman–Crippen LogP) is 2.10. The smallest absolute Gasteiger partial charge is 0.337 e. The average Bonchev–Trinajstić information content (AvgIpc) is 2.83. The number of anilines is 2. The van der Waals surface area contributed by atoms with Crippen LogP contribution in [0, 0.1) is 0 Å². The van der Waals surface area contributed by atoms with Gasteiger partial charge in [0.2, 0.25) is 0 Å². The van der Waals surface area contributed by atoms with E-state index in [9.17, 15) is 14.4 Å². The van der Waals surface area contributed by atoms with Crippen molar-refractivity contribution in [3.8, 4) is 0 Å². The van der Waals surface area contributed by atoms with Crippen molar-refractivity contribution in [1.82, 2.24) is 5.32 Å². The van der Waals surface area contributed by atoms with Gasteiger partial charge in [-0.2, -0.15) is 0 Å². The molecule has 6 heteroatoms. The van der Waals surface area contributed by atoms with Crippen molar-refractivity contribution in [2.75, 3.05) is 12.4 Å². The highest BCUT2D eigenvalue weighted by Gasteiger charge is 2.29. The molecular formula is C16H12N2O4. The first-order valence-electron chi connectivity index (χ1n) is 6.54. The normalized spacial score (nSPS) is 12.6. The lowest BCUT2D eigenvalue weighted by Gasteiger charge is -2.10. The Balaban J connectivity index is 1.90. The van der Waals surface area contributed by atoms with E-state index in [1.165, 1.54) is 7.11 Å². The van der Waals surface area contributed by atoms with Crippen molar-refractivity contribution in [2.24, 2.45) is 0 Å². The lowest BCUT2D eigenvalue weighted by molar-refractivity contribution is 0.0600. The number of benzene rings is 2. The van der Waals surface area contributed by atoms with Gasteiger partial charge in [-0.3, -0.25) is 14.9 Å². The summed E-state index contributed by atoms with van der Waals surface area (Å²) in [5, 5.41) is 5.34. The van der Waals surface area contributed by atoms with Crippen LogP contribution in [0.2, 0.25) is 0 Å². The van der Waals surface area contributed by atoms with Crippen LogP contribution in [-0.2, 0) is 4.74 Å². The van der Waals surface area contributed by atoms with Gasteiger partial charge in [-0.1, -0.05) is 6.07 Å². The molecule has 3 rings (SSSR count). The molecule has 0 radical (unpaired) electrons. The molecule has 0 fully saturated rings. The summed E-state index contributed by atoms with van der Waals surface area (Å²) in [4.78, 5) is 34.8. The van der Waals surface area contributed by atoms with Crippen LogP contribution in [0.4, 0.5) is 11.4 Å². The van der Waals surface area contributed by atoms with Crippen LogP contribution in [0.3, 0.4) is 0 Å². The molecule has 22 heavy (non-hydrogen) atoms. The number of nitrogens with one attached hydrogen (secondary N) is 2. The minimum absolute atomic E-state index is 0.324. The van der Waals surface area contributed by atoms with E-state index >= 15 is 0 Å². The third kappa shape index (κ3) is 2.31. The average molecular weight is 296 g/mol. The Bertz CT molecular complexity index is 781. The molecule has 0 saturated carbocycles. The van der Waals surface area contributed by atoms with Gasteiger partial charge in [0, 0.05) is 5.69 Å². The van der Waals surface area contributed by atoms with E-state index in [-0.39, 0.29) is 0 Å². The molecule has 110 valence electrons. The van der Waals surface area contributed by atoms with E-state index in [4.69, 9.17) is 0 Å². The molecule has 0 spiro atoms. The van der Waals surface area contributed by atoms with Crippen LogP contribution >= 0.6 is 0 Å². The van der Waals surface area contributed by atoms with Crippen molar-refractivity contribution in [3.63, 3.8) is 0 Å². The lowest BCUT2D eigenvalue weighted by atomic mass is 10.1. The topological polar surface area (TPSA) is 84.5 Å². The molecule has 0 unspecified atom stereocenters. The van der Waals surface area contributed by atoms with Crippen LogP contribution in [-0.4, -0.2) is 24.9 Å². The minimum Gasteiger partial charge on any atom is -0.465 e. The van der Waals surface area contributed by atoms with Gasteiger partial charge in [-0.25, -0.2) is 4.79 Å². The number of carbonyl (C=O) groups excluding carboxylic acids is 3. The zero-order valence-electron chi connectivity index (χ0n) is 11.7.